The van der Waals surface area contributed by atoms with Gasteiger partial charge in [0.25, 0.3) is 0 Å². The average molecular weight is 321 g/mol. The molecule has 0 radical (unpaired) electrons. The maximum Gasteiger partial charge on any atom is 0.309 e. The molecule has 0 saturated carbocycles. The summed E-state index contributed by atoms with van der Waals surface area (Å²) in [6, 6.07) is 0. The average Bonchev–Trinajstić information content (AvgIpc) is 3.06. The first-order chi connectivity index (χ1) is 11.1. The summed E-state index contributed by atoms with van der Waals surface area (Å²) in [5, 5.41) is 9.29. The van der Waals surface area contributed by atoms with E-state index in [4.69, 9.17) is 4.74 Å². The van der Waals surface area contributed by atoms with E-state index in [0.717, 1.165) is 38.8 Å². The fraction of sp³-hybridized carbons (Fsp3) is 0.778. The number of carbonyl (C=O) groups is 2. The molecule has 128 valence electrons. The van der Waals surface area contributed by atoms with Gasteiger partial charge in [0, 0.05) is 26.1 Å². The molecule has 1 amide bonds. The minimum absolute atomic E-state index is 0.161. The Morgan fingerprint density at radius 1 is 1.22 bits per heavy atom. The predicted molar refractivity (Wildman–Crippen MR) is 86.0 cm³/mol. The molecule has 1 N–H and O–H groups in total. The Labute approximate surface area is 137 Å². The molecule has 2 atom stereocenters. The minimum atomic E-state index is -0.741. The number of rotatable bonds is 4. The van der Waals surface area contributed by atoms with Crippen molar-refractivity contribution in [1.29, 1.82) is 0 Å². The van der Waals surface area contributed by atoms with Gasteiger partial charge >= 0.3 is 5.97 Å². The summed E-state index contributed by atoms with van der Waals surface area (Å²) in [6.45, 7) is 2.03. The molecule has 3 aliphatic rings. The van der Waals surface area contributed by atoms with E-state index in [1.807, 2.05) is 4.90 Å². The zero-order chi connectivity index (χ0) is 16.2. The zero-order valence-electron chi connectivity index (χ0n) is 13.7. The molecule has 0 aromatic rings. The van der Waals surface area contributed by atoms with Crippen molar-refractivity contribution in [3.63, 3.8) is 0 Å². The van der Waals surface area contributed by atoms with Crippen LogP contribution in [0.2, 0.25) is 0 Å². The van der Waals surface area contributed by atoms with Crippen LogP contribution in [-0.4, -0.2) is 47.7 Å². The topological polar surface area (TPSA) is 66.8 Å². The van der Waals surface area contributed by atoms with Crippen LogP contribution in [0.5, 0.6) is 0 Å². The number of allylic oxidation sites excluding steroid dienone is 1. The molecule has 0 unspecified atom stereocenters. The van der Waals surface area contributed by atoms with Crippen LogP contribution < -0.4 is 0 Å². The van der Waals surface area contributed by atoms with Crippen molar-refractivity contribution in [2.75, 3.05) is 19.7 Å². The fourth-order valence-electron chi connectivity index (χ4n) is 4.19. The summed E-state index contributed by atoms with van der Waals surface area (Å²) in [5.74, 6) is -0.597. The van der Waals surface area contributed by atoms with Gasteiger partial charge in [-0.05, 0) is 50.9 Å². The van der Waals surface area contributed by atoms with Gasteiger partial charge in [0.1, 0.15) is 0 Å². The van der Waals surface area contributed by atoms with E-state index in [-0.39, 0.29) is 23.8 Å². The number of carboxylic acids is 1. The monoisotopic (exact) mass is 321 g/mol. The van der Waals surface area contributed by atoms with Crippen LogP contribution >= 0.6 is 0 Å². The highest BCUT2D eigenvalue weighted by Crippen LogP contribution is 2.33. The van der Waals surface area contributed by atoms with Crippen LogP contribution in [0.3, 0.4) is 0 Å². The number of likely N-dealkylation sites (tertiary alicyclic amines) is 1. The quantitative estimate of drug-likeness (QED) is 0.808. The Morgan fingerprint density at radius 2 is 2.00 bits per heavy atom. The second kappa shape index (κ2) is 7.47. The lowest BCUT2D eigenvalue weighted by molar-refractivity contribution is -0.145. The number of carboxylic acid groups (broad SMARTS) is 1. The summed E-state index contributed by atoms with van der Waals surface area (Å²) < 4.78 is 5.69. The van der Waals surface area contributed by atoms with Gasteiger partial charge in [-0.3, -0.25) is 9.59 Å². The van der Waals surface area contributed by atoms with Crippen LogP contribution in [-0.2, 0) is 14.3 Å². The zero-order valence-corrected chi connectivity index (χ0v) is 13.7. The first kappa shape index (κ1) is 16.5. The Balaban J connectivity index is 1.49. The Bertz CT molecular complexity index is 479. The highest BCUT2D eigenvalue weighted by Gasteiger charge is 2.40. The van der Waals surface area contributed by atoms with E-state index >= 15 is 0 Å². The molecule has 0 spiro atoms. The Kier molecular flexibility index (Phi) is 5.36. The maximum atomic E-state index is 12.4. The van der Waals surface area contributed by atoms with Crippen molar-refractivity contribution in [2.24, 2.45) is 11.8 Å². The van der Waals surface area contributed by atoms with Gasteiger partial charge < -0.3 is 14.7 Å². The number of hydrogen-bond donors (Lipinski definition) is 1. The third kappa shape index (κ3) is 3.94. The van der Waals surface area contributed by atoms with Gasteiger partial charge in [0.2, 0.25) is 5.91 Å². The van der Waals surface area contributed by atoms with Gasteiger partial charge in [-0.15, -0.1) is 0 Å². The van der Waals surface area contributed by atoms with E-state index in [1.165, 1.54) is 18.4 Å². The standard InChI is InChI=1S/C18H27NO4/c20-16(12-13-4-2-1-3-5-13)19-9-6-14(7-10-19)17-15(18(21)22)8-11-23-17/h4,14-15,17H,1-3,5-12H2,(H,21,22)/t15-,17-/m0/s1. The molecule has 2 saturated heterocycles. The first-order valence-electron chi connectivity index (χ1n) is 8.95. The number of ether oxygens (including phenoxy) is 1. The highest BCUT2D eigenvalue weighted by molar-refractivity contribution is 5.78. The van der Waals surface area contributed by atoms with Crippen LogP contribution in [0.4, 0.5) is 0 Å². The van der Waals surface area contributed by atoms with Crippen molar-refractivity contribution in [3.8, 4) is 0 Å². The van der Waals surface area contributed by atoms with E-state index < -0.39 is 5.97 Å². The van der Waals surface area contributed by atoms with Crippen LogP contribution in [0, 0.1) is 11.8 Å². The predicted octanol–water partition coefficient (Wildman–Crippen LogP) is 2.61. The summed E-state index contributed by atoms with van der Waals surface area (Å²) in [6.07, 6.45) is 9.61. The number of piperidine rings is 1. The molecular formula is C18H27NO4. The summed E-state index contributed by atoms with van der Waals surface area (Å²) in [7, 11) is 0. The number of aliphatic carboxylic acids is 1. The van der Waals surface area contributed by atoms with Crippen LogP contribution in [0.25, 0.3) is 0 Å². The van der Waals surface area contributed by atoms with Gasteiger partial charge in [0.05, 0.1) is 12.0 Å². The van der Waals surface area contributed by atoms with E-state index in [0.29, 0.717) is 19.4 Å². The van der Waals surface area contributed by atoms with Gasteiger partial charge in [0.15, 0.2) is 0 Å². The maximum absolute atomic E-state index is 12.4. The van der Waals surface area contributed by atoms with Crippen LogP contribution in [0.15, 0.2) is 11.6 Å². The molecule has 1 aliphatic carbocycles. The molecule has 23 heavy (non-hydrogen) atoms. The van der Waals surface area contributed by atoms with E-state index in [1.54, 1.807) is 0 Å². The van der Waals surface area contributed by atoms with Crippen molar-refractivity contribution in [1.82, 2.24) is 4.90 Å². The van der Waals surface area contributed by atoms with Gasteiger partial charge in [-0.25, -0.2) is 0 Å². The fourth-order valence-corrected chi connectivity index (χ4v) is 4.19. The van der Waals surface area contributed by atoms with Crippen molar-refractivity contribution < 1.29 is 19.4 Å². The molecule has 5 nitrogen and oxygen atoms in total. The summed E-state index contributed by atoms with van der Waals surface area (Å²) in [5.41, 5.74) is 1.30. The van der Waals surface area contributed by atoms with Crippen molar-refractivity contribution >= 4 is 11.9 Å². The third-order valence-electron chi connectivity index (χ3n) is 5.57. The lowest BCUT2D eigenvalue weighted by Gasteiger charge is -2.35. The lowest BCUT2D eigenvalue weighted by Crippen LogP contribution is -2.43. The third-order valence-corrected chi connectivity index (χ3v) is 5.57. The number of carbonyl (C=O) groups excluding carboxylic acids is 1. The Hall–Kier alpha value is -1.36. The van der Waals surface area contributed by atoms with Gasteiger partial charge in [-0.1, -0.05) is 11.6 Å². The molecule has 2 fully saturated rings. The SMILES string of the molecule is O=C(O)[C@H]1CCO[C@H]1C1CCN(C(=O)CC2=CCCCC2)CC1. The smallest absolute Gasteiger partial charge is 0.309 e. The molecule has 5 heteroatoms. The lowest BCUT2D eigenvalue weighted by atomic mass is 9.84. The molecule has 0 bridgehead atoms. The second-order valence-corrected chi connectivity index (χ2v) is 7.07. The summed E-state index contributed by atoms with van der Waals surface area (Å²) >= 11 is 0. The summed E-state index contributed by atoms with van der Waals surface area (Å²) in [4.78, 5) is 25.7. The largest absolute Gasteiger partial charge is 0.481 e. The molecule has 3 rings (SSSR count). The molecule has 2 heterocycles. The Morgan fingerprint density at radius 3 is 2.65 bits per heavy atom. The second-order valence-electron chi connectivity index (χ2n) is 7.07. The number of hydrogen-bond acceptors (Lipinski definition) is 3. The van der Waals surface area contributed by atoms with Crippen molar-refractivity contribution in [2.45, 2.75) is 57.5 Å². The van der Waals surface area contributed by atoms with Crippen LogP contribution in [0.1, 0.15) is 51.4 Å². The molecule has 2 aliphatic heterocycles. The molecule has 0 aromatic heterocycles. The number of amides is 1. The van der Waals surface area contributed by atoms with E-state index in [2.05, 4.69) is 6.08 Å². The first-order valence-corrected chi connectivity index (χ1v) is 8.95. The number of nitrogens with zero attached hydrogens (tertiary/aromatic N) is 1. The molecule has 0 aromatic carbocycles. The van der Waals surface area contributed by atoms with E-state index in [9.17, 15) is 14.7 Å². The van der Waals surface area contributed by atoms with Crippen molar-refractivity contribution in [3.05, 3.63) is 11.6 Å². The highest BCUT2D eigenvalue weighted by atomic mass is 16.5. The normalized spacial score (nSPS) is 29.4. The minimum Gasteiger partial charge on any atom is -0.481 e. The van der Waals surface area contributed by atoms with Gasteiger partial charge in [-0.2, -0.15) is 0 Å². The molecular weight excluding hydrogens is 294 g/mol.